The second kappa shape index (κ2) is 19.3. The molecule has 2 rings (SSSR count). The van der Waals surface area contributed by atoms with Crippen molar-refractivity contribution < 1.29 is 0 Å². The Bertz CT molecular complexity index is 123. The molecule has 18 heavy (non-hydrogen) atoms. The first-order chi connectivity index (χ1) is 8.86. The first kappa shape index (κ1) is 23.1. The fraction of sp³-hybridized carbons (Fsp3) is 1.00. The number of piperidine rings is 1. The Balaban J connectivity index is -0.000000244. The van der Waals surface area contributed by atoms with Crippen molar-refractivity contribution in [2.45, 2.75) is 94.0 Å². The Labute approximate surface area is 118 Å². The molecule has 0 saturated carbocycles. The molecule has 2 aliphatic rings. The van der Waals surface area contributed by atoms with Crippen molar-refractivity contribution in [3.05, 3.63) is 0 Å². The van der Waals surface area contributed by atoms with Gasteiger partial charge in [-0.2, -0.15) is 0 Å². The summed E-state index contributed by atoms with van der Waals surface area (Å²) in [7, 11) is 0. The molecule has 0 amide bonds. The van der Waals surface area contributed by atoms with Crippen LogP contribution in [0.4, 0.5) is 0 Å². The summed E-state index contributed by atoms with van der Waals surface area (Å²) in [5.74, 6) is 0.967. The standard InChI is InChI=1S/C9H17N.4C2H6/c1-8-4-5-9-3-2-6-10(9)7-8;4*1-2/h8-9H,2-7H2,1H3;4*1-2H3. The molecule has 114 valence electrons. The Hall–Kier alpha value is -0.0400. The van der Waals surface area contributed by atoms with Gasteiger partial charge in [-0.25, -0.2) is 0 Å². The van der Waals surface area contributed by atoms with E-state index in [-0.39, 0.29) is 0 Å². The maximum Gasteiger partial charge on any atom is 0.00959 e. The van der Waals surface area contributed by atoms with Crippen LogP contribution in [0.3, 0.4) is 0 Å². The molecule has 2 atom stereocenters. The molecule has 0 N–H and O–H groups in total. The number of fused-ring (bicyclic) bond motifs is 1. The molecule has 1 heteroatoms. The number of hydrogen-bond donors (Lipinski definition) is 0. The van der Waals surface area contributed by atoms with Crippen molar-refractivity contribution in [3.8, 4) is 0 Å². The Morgan fingerprint density at radius 1 is 0.722 bits per heavy atom. The van der Waals surface area contributed by atoms with E-state index in [0.717, 1.165) is 12.0 Å². The maximum absolute atomic E-state index is 2.69. The van der Waals surface area contributed by atoms with Crippen molar-refractivity contribution in [2.75, 3.05) is 13.1 Å². The lowest BCUT2D eigenvalue weighted by Crippen LogP contribution is -2.37. The highest BCUT2D eigenvalue weighted by atomic mass is 15.2. The number of nitrogens with zero attached hydrogens (tertiary/aromatic N) is 1. The third kappa shape index (κ3) is 9.94. The Morgan fingerprint density at radius 2 is 1.22 bits per heavy atom. The predicted molar refractivity (Wildman–Crippen MR) is 88.4 cm³/mol. The molecule has 0 spiro atoms. The van der Waals surface area contributed by atoms with Crippen molar-refractivity contribution in [2.24, 2.45) is 5.92 Å². The van der Waals surface area contributed by atoms with Crippen molar-refractivity contribution >= 4 is 0 Å². The van der Waals surface area contributed by atoms with E-state index in [1.165, 1.54) is 38.8 Å². The van der Waals surface area contributed by atoms with Crippen LogP contribution in [0.15, 0.2) is 0 Å². The molecule has 0 aromatic rings. The number of hydrogen-bond acceptors (Lipinski definition) is 1. The fourth-order valence-electron chi connectivity index (χ4n) is 2.43. The molecule has 0 aromatic heterocycles. The summed E-state index contributed by atoms with van der Waals surface area (Å²) < 4.78 is 0. The van der Waals surface area contributed by atoms with E-state index in [2.05, 4.69) is 11.8 Å². The van der Waals surface area contributed by atoms with Gasteiger partial charge < -0.3 is 4.90 Å². The average molecular weight is 260 g/mol. The summed E-state index contributed by atoms with van der Waals surface area (Å²) in [5.41, 5.74) is 0. The second-order valence-corrected chi connectivity index (χ2v) is 3.97. The van der Waals surface area contributed by atoms with Crippen molar-refractivity contribution in [1.29, 1.82) is 0 Å². The minimum atomic E-state index is 0.967. The van der Waals surface area contributed by atoms with E-state index in [1.54, 1.807) is 0 Å². The molecular weight excluding hydrogens is 218 g/mol. The van der Waals surface area contributed by atoms with E-state index < -0.39 is 0 Å². The Kier molecular flexibility index (Phi) is 24.8. The van der Waals surface area contributed by atoms with Crippen LogP contribution in [-0.4, -0.2) is 24.0 Å². The molecule has 0 aliphatic carbocycles. The van der Waals surface area contributed by atoms with Gasteiger partial charge in [0.05, 0.1) is 0 Å². The summed E-state index contributed by atoms with van der Waals surface area (Å²) >= 11 is 0. The minimum Gasteiger partial charge on any atom is -0.300 e. The van der Waals surface area contributed by atoms with Gasteiger partial charge in [0.1, 0.15) is 0 Å². The fourth-order valence-corrected chi connectivity index (χ4v) is 2.43. The zero-order valence-corrected chi connectivity index (χ0v) is 14.8. The first-order valence-corrected chi connectivity index (χ1v) is 8.60. The molecule has 0 aromatic carbocycles. The van der Waals surface area contributed by atoms with E-state index in [4.69, 9.17) is 0 Å². The smallest absolute Gasteiger partial charge is 0.00959 e. The van der Waals surface area contributed by atoms with E-state index >= 15 is 0 Å². The Morgan fingerprint density at radius 3 is 1.72 bits per heavy atom. The normalized spacial score (nSPS) is 24.5. The van der Waals surface area contributed by atoms with Crippen LogP contribution in [0, 0.1) is 5.92 Å². The van der Waals surface area contributed by atoms with Crippen LogP contribution < -0.4 is 0 Å². The highest BCUT2D eigenvalue weighted by Gasteiger charge is 2.29. The molecule has 0 bridgehead atoms. The van der Waals surface area contributed by atoms with Gasteiger partial charge in [-0.3, -0.25) is 0 Å². The SMILES string of the molecule is CC.CC.CC.CC.CC1CCC2CCCN2C1. The summed E-state index contributed by atoms with van der Waals surface area (Å²) in [4.78, 5) is 2.69. The van der Waals surface area contributed by atoms with Gasteiger partial charge in [0.2, 0.25) is 0 Å². The molecule has 1 nitrogen and oxygen atoms in total. The van der Waals surface area contributed by atoms with Crippen molar-refractivity contribution in [3.63, 3.8) is 0 Å². The van der Waals surface area contributed by atoms with Gasteiger partial charge in [0, 0.05) is 12.6 Å². The number of rotatable bonds is 0. The molecule has 0 radical (unpaired) electrons. The average Bonchev–Trinajstić information content (AvgIpc) is 2.95. The second-order valence-electron chi connectivity index (χ2n) is 3.97. The first-order valence-electron chi connectivity index (χ1n) is 8.60. The van der Waals surface area contributed by atoms with Crippen LogP contribution in [0.1, 0.15) is 88.0 Å². The largest absolute Gasteiger partial charge is 0.300 e. The third-order valence-corrected chi connectivity index (χ3v) is 3.04. The van der Waals surface area contributed by atoms with Crippen LogP contribution >= 0.6 is 0 Å². The monoisotopic (exact) mass is 259 g/mol. The molecule has 2 aliphatic heterocycles. The van der Waals surface area contributed by atoms with Crippen LogP contribution in [0.5, 0.6) is 0 Å². The quantitative estimate of drug-likeness (QED) is 0.517. The van der Waals surface area contributed by atoms with E-state index in [0.29, 0.717) is 0 Å². The van der Waals surface area contributed by atoms with Crippen LogP contribution in [0.2, 0.25) is 0 Å². The lowest BCUT2D eigenvalue weighted by molar-refractivity contribution is 0.156. The van der Waals surface area contributed by atoms with Crippen LogP contribution in [0.25, 0.3) is 0 Å². The lowest BCUT2D eigenvalue weighted by Gasteiger charge is -2.33. The van der Waals surface area contributed by atoms with Gasteiger partial charge in [-0.05, 0) is 38.1 Å². The van der Waals surface area contributed by atoms with Gasteiger partial charge in [0.25, 0.3) is 0 Å². The zero-order valence-electron chi connectivity index (χ0n) is 14.8. The summed E-state index contributed by atoms with van der Waals surface area (Å²) in [6, 6.07) is 0.983. The lowest BCUT2D eigenvalue weighted by atomic mass is 9.95. The molecule has 2 saturated heterocycles. The van der Waals surface area contributed by atoms with Gasteiger partial charge in [-0.15, -0.1) is 0 Å². The van der Waals surface area contributed by atoms with E-state index in [1.807, 2.05) is 55.4 Å². The summed E-state index contributed by atoms with van der Waals surface area (Å²) in [6.45, 7) is 21.1. The summed E-state index contributed by atoms with van der Waals surface area (Å²) in [6.07, 6.45) is 5.88. The van der Waals surface area contributed by atoms with Gasteiger partial charge in [-0.1, -0.05) is 62.3 Å². The van der Waals surface area contributed by atoms with Crippen molar-refractivity contribution in [1.82, 2.24) is 4.90 Å². The maximum atomic E-state index is 2.69. The van der Waals surface area contributed by atoms with Gasteiger partial charge in [0.15, 0.2) is 0 Å². The third-order valence-electron chi connectivity index (χ3n) is 3.04. The molecular formula is C17H41N. The van der Waals surface area contributed by atoms with E-state index in [9.17, 15) is 0 Å². The highest BCUT2D eigenvalue weighted by Crippen LogP contribution is 2.28. The van der Waals surface area contributed by atoms with Gasteiger partial charge >= 0.3 is 0 Å². The molecule has 2 unspecified atom stereocenters. The molecule has 2 heterocycles. The highest BCUT2D eigenvalue weighted by molar-refractivity contribution is 4.84. The zero-order chi connectivity index (χ0) is 15.0. The predicted octanol–water partition coefficient (Wildman–Crippen LogP) is 5.99. The topological polar surface area (TPSA) is 3.24 Å². The van der Waals surface area contributed by atoms with Crippen LogP contribution in [-0.2, 0) is 0 Å². The molecule has 2 fully saturated rings. The summed E-state index contributed by atoms with van der Waals surface area (Å²) in [5, 5.41) is 0. The minimum absolute atomic E-state index is 0.967.